The summed E-state index contributed by atoms with van der Waals surface area (Å²) >= 11 is 7.65. The molecule has 0 saturated heterocycles. The first-order valence-corrected chi connectivity index (χ1v) is 6.72. The summed E-state index contributed by atoms with van der Waals surface area (Å²) in [6.07, 6.45) is 2.85. The van der Waals surface area contributed by atoms with Gasteiger partial charge < -0.3 is 5.32 Å². The molecular formula is C12H14BrNOS. The zero-order valence-corrected chi connectivity index (χ0v) is 11.4. The van der Waals surface area contributed by atoms with Crippen LogP contribution >= 0.6 is 28.6 Å². The van der Waals surface area contributed by atoms with Gasteiger partial charge in [0, 0.05) is 16.6 Å². The van der Waals surface area contributed by atoms with E-state index in [9.17, 15) is 4.79 Å². The van der Waals surface area contributed by atoms with E-state index in [1.165, 1.54) is 0 Å². The lowest BCUT2D eigenvalue weighted by Crippen LogP contribution is -2.18. The molecule has 1 amide bonds. The van der Waals surface area contributed by atoms with E-state index < -0.39 is 0 Å². The molecule has 1 aliphatic carbocycles. The fraction of sp³-hybridized carbons (Fsp3) is 0.417. The Bertz CT molecular complexity index is 387. The number of carbonyl (C=O) groups is 1. The summed E-state index contributed by atoms with van der Waals surface area (Å²) in [6, 6.07) is 7.62. The third kappa shape index (κ3) is 3.01. The van der Waals surface area contributed by atoms with Crippen molar-refractivity contribution >= 4 is 40.2 Å². The summed E-state index contributed by atoms with van der Waals surface area (Å²) in [5.74, 6) is 0.898. The molecule has 0 unspecified atom stereocenters. The van der Waals surface area contributed by atoms with Crippen LogP contribution in [0.3, 0.4) is 0 Å². The second-order valence-electron chi connectivity index (χ2n) is 4.39. The van der Waals surface area contributed by atoms with Gasteiger partial charge in [-0.05, 0) is 48.3 Å². The summed E-state index contributed by atoms with van der Waals surface area (Å²) < 4.78 is 1.01. The number of anilines is 1. The lowest BCUT2D eigenvalue weighted by atomic mass is 10.1. The Hall–Kier alpha value is -0.480. The zero-order valence-electron chi connectivity index (χ0n) is 8.87. The van der Waals surface area contributed by atoms with Crippen LogP contribution in [0, 0.1) is 5.41 Å². The fourth-order valence-electron chi connectivity index (χ4n) is 1.65. The van der Waals surface area contributed by atoms with Gasteiger partial charge >= 0.3 is 0 Å². The van der Waals surface area contributed by atoms with Crippen LogP contribution in [0.15, 0.2) is 28.7 Å². The minimum Gasteiger partial charge on any atom is -0.326 e. The summed E-state index contributed by atoms with van der Waals surface area (Å²) in [7, 11) is 0. The number of rotatable bonds is 4. The average Bonchev–Trinajstić information content (AvgIpc) is 3.02. The minimum atomic E-state index is 0.0915. The van der Waals surface area contributed by atoms with Crippen molar-refractivity contribution < 1.29 is 4.79 Å². The molecule has 1 aromatic rings. The van der Waals surface area contributed by atoms with Crippen LogP contribution in [0.25, 0.3) is 0 Å². The largest absolute Gasteiger partial charge is 0.326 e. The molecule has 1 aliphatic rings. The standard InChI is InChI=1S/C12H14BrNOS/c13-9-1-3-10(4-2-9)14-11(15)7-12(8-16)5-6-12/h1-4,16H,5-8H2,(H,14,15). The highest BCUT2D eigenvalue weighted by Gasteiger charge is 2.42. The fourth-order valence-corrected chi connectivity index (χ4v) is 2.34. The Balaban J connectivity index is 1.90. The molecule has 0 bridgehead atoms. The van der Waals surface area contributed by atoms with Crippen LogP contribution in [-0.4, -0.2) is 11.7 Å². The molecule has 0 radical (unpaired) electrons. The molecule has 1 N–H and O–H groups in total. The zero-order chi connectivity index (χ0) is 11.6. The monoisotopic (exact) mass is 299 g/mol. The van der Waals surface area contributed by atoms with Gasteiger partial charge in [-0.2, -0.15) is 12.6 Å². The molecule has 0 heterocycles. The Kier molecular flexibility index (Phi) is 3.60. The number of nitrogens with one attached hydrogen (secondary N) is 1. The van der Waals surface area contributed by atoms with E-state index in [1.54, 1.807) is 0 Å². The number of hydrogen-bond donors (Lipinski definition) is 2. The lowest BCUT2D eigenvalue weighted by Gasteiger charge is -2.11. The van der Waals surface area contributed by atoms with Gasteiger partial charge in [0.05, 0.1) is 0 Å². The first-order valence-electron chi connectivity index (χ1n) is 5.30. The van der Waals surface area contributed by atoms with Crippen LogP contribution in [0.1, 0.15) is 19.3 Å². The first-order chi connectivity index (χ1) is 7.63. The highest BCUT2D eigenvalue weighted by molar-refractivity contribution is 9.10. The molecule has 0 atom stereocenters. The van der Waals surface area contributed by atoms with E-state index in [4.69, 9.17) is 0 Å². The van der Waals surface area contributed by atoms with Gasteiger partial charge in [-0.1, -0.05) is 15.9 Å². The van der Waals surface area contributed by atoms with Gasteiger partial charge in [-0.15, -0.1) is 0 Å². The molecule has 4 heteroatoms. The maximum absolute atomic E-state index is 11.8. The predicted octanol–water partition coefficient (Wildman–Crippen LogP) is 3.49. The molecule has 1 aromatic carbocycles. The van der Waals surface area contributed by atoms with Crippen LogP contribution < -0.4 is 5.32 Å². The molecule has 1 saturated carbocycles. The summed E-state index contributed by atoms with van der Waals surface area (Å²) in [6.45, 7) is 0. The minimum absolute atomic E-state index is 0.0915. The number of hydrogen-bond acceptors (Lipinski definition) is 2. The molecule has 0 aromatic heterocycles. The van der Waals surface area contributed by atoms with Gasteiger partial charge in [0.15, 0.2) is 0 Å². The van der Waals surface area contributed by atoms with Gasteiger partial charge in [-0.25, -0.2) is 0 Å². The molecular weight excluding hydrogens is 286 g/mol. The Morgan fingerprint density at radius 3 is 2.50 bits per heavy atom. The van der Waals surface area contributed by atoms with Crippen LogP contribution in [-0.2, 0) is 4.79 Å². The average molecular weight is 300 g/mol. The maximum atomic E-state index is 11.8. The predicted molar refractivity (Wildman–Crippen MR) is 72.9 cm³/mol. The number of halogens is 1. The van der Waals surface area contributed by atoms with Gasteiger partial charge in [0.2, 0.25) is 5.91 Å². The molecule has 2 rings (SSSR count). The highest BCUT2D eigenvalue weighted by Crippen LogP contribution is 2.49. The second kappa shape index (κ2) is 4.80. The van der Waals surface area contributed by atoms with Crippen molar-refractivity contribution in [2.45, 2.75) is 19.3 Å². The van der Waals surface area contributed by atoms with E-state index in [1.807, 2.05) is 24.3 Å². The third-order valence-electron chi connectivity index (χ3n) is 2.96. The quantitative estimate of drug-likeness (QED) is 0.819. The van der Waals surface area contributed by atoms with Crippen LogP contribution in [0.2, 0.25) is 0 Å². The molecule has 1 fully saturated rings. The molecule has 0 spiro atoms. The van der Waals surface area contributed by atoms with E-state index in [2.05, 4.69) is 33.9 Å². The van der Waals surface area contributed by atoms with Crippen LogP contribution in [0.5, 0.6) is 0 Å². The van der Waals surface area contributed by atoms with Crippen molar-refractivity contribution in [2.75, 3.05) is 11.1 Å². The molecule has 0 aliphatic heterocycles. The number of carbonyl (C=O) groups excluding carboxylic acids is 1. The Morgan fingerprint density at radius 2 is 2.00 bits per heavy atom. The van der Waals surface area contributed by atoms with Crippen molar-refractivity contribution in [3.05, 3.63) is 28.7 Å². The highest BCUT2D eigenvalue weighted by atomic mass is 79.9. The normalized spacial score (nSPS) is 16.9. The molecule has 16 heavy (non-hydrogen) atoms. The van der Waals surface area contributed by atoms with Gasteiger partial charge in [-0.3, -0.25) is 4.79 Å². The Morgan fingerprint density at radius 1 is 1.38 bits per heavy atom. The van der Waals surface area contributed by atoms with Crippen molar-refractivity contribution in [3.8, 4) is 0 Å². The second-order valence-corrected chi connectivity index (χ2v) is 5.62. The molecule has 2 nitrogen and oxygen atoms in total. The van der Waals surface area contributed by atoms with E-state index in [-0.39, 0.29) is 11.3 Å². The van der Waals surface area contributed by atoms with Gasteiger partial charge in [0.1, 0.15) is 0 Å². The summed E-state index contributed by atoms with van der Waals surface area (Å²) in [5, 5.41) is 2.91. The Labute approximate surface area is 109 Å². The number of thiol groups is 1. The van der Waals surface area contributed by atoms with Crippen molar-refractivity contribution in [3.63, 3.8) is 0 Å². The van der Waals surface area contributed by atoms with Crippen LogP contribution in [0.4, 0.5) is 5.69 Å². The van der Waals surface area contributed by atoms with E-state index >= 15 is 0 Å². The lowest BCUT2D eigenvalue weighted by molar-refractivity contribution is -0.117. The first kappa shape index (κ1) is 12.0. The van der Waals surface area contributed by atoms with E-state index in [0.717, 1.165) is 28.8 Å². The summed E-state index contributed by atoms with van der Waals surface area (Å²) in [5.41, 5.74) is 1.03. The van der Waals surface area contributed by atoms with Gasteiger partial charge in [0.25, 0.3) is 0 Å². The topological polar surface area (TPSA) is 29.1 Å². The van der Waals surface area contributed by atoms with Crippen molar-refractivity contribution in [1.29, 1.82) is 0 Å². The van der Waals surface area contributed by atoms with Crippen molar-refractivity contribution in [2.24, 2.45) is 5.41 Å². The maximum Gasteiger partial charge on any atom is 0.224 e. The smallest absolute Gasteiger partial charge is 0.224 e. The number of benzene rings is 1. The van der Waals surface area contributed by atoms with E-state index in [0.29, 0.717) is 6.42 Å². The summed E-state index contributed by atoms with van der Waals surface area (Å²) in [4.78, 5) is 11.8. The third-order valence-corrected chi connectivity index (χ3v) is 4.16. The SMILES string of the molecule is O=C(CC1(CS)CC1)Nc1ccc(Br)cc1. The number of amides is 1. The molecule has 86 valence electrons. The van der Waals surface area contributed by atoms with Crippen molar-refractivity contribution in [1.82, 2.24) is 0 Å².